The van der Waals surface area contributed by atoms with Crippen LogP contribution in [0, 0.1) is 5.82 Å². The molecule has 0 saturated carbocycles. The largest absolute Gasteiger partial charge is 0.309 e. The second kappa shape index (κ2) is 5.55. The molecule has 0 amide bonds. The molecule has 104 valence electrons. The first-order valence-electron chi connectivity index (χ1n) is 6.93. The standard InChI is InChI=1S/C17H17ClFN/c1-20-17(14-7-8-15(18)16(19)10-14)13-6-5-11-3-2-4-12(11)9-13/h5-10,17,20H,2-4H2,1H3. The van der Waals surface area contributed by atoms with Gasteiger partial charge in [0.2, 0.25) is 0 Å². The molecule has 0 aromatic heterocycles. The van der Waals surface area contributed by atoms with Gasteiger partial charge in [-0.2, -0.15) is 0 Å². The lowest BCUT2D eigenvalue weighted by atomic mass is 9.96. The SMILES string of the molecule is CNC(c1ccc(Cl)c(F)c1)c1ccc2c(c1)CCC2. The number of aryl methyl sites for hydroxylation is 2. The number of hydrogen-bond acceptors (Lipinski definition) is 1. The maximum absolute atomic E-state index is 13.7. The quantitative estimate of drug-likeness (QED) is 0.889. The number of nitrogens with one attached hydrogen (secondary N) is 1. The molecular formula is C17H17ClFN. The summed E-state index contributed by atoms with van der Waals surface area (Å²) < 4.78 is 13.7. The normalized spacial score (nSPS) is 15.2. The minimum atomic E-state index is -0.370. The topological polar surface area (TPSA) is 12.0 Å². The summed E-state index contributed by atoms with van der Waals surface area (Å²) >= 11 is 5.76. The van der Waals surface area contributed by atoms with Crippen molar-refractivity contribution in [3.63, 3.8) is 0 Å². The van der Waals surface area contributed by atoms with Crippen molar-refractivity contribution in [2.45, 2.75) is 25.3 Å². The summed E-state index contributed by atoms with van der Waals surface area (Å²) in [4.78, 5) is 0. The van der Waals surface area contributed by atoms with Crippen LogP contribution in [0.5, 0.6) is 0 Å². The van der Waals surface area contributed by atoms with Gasteiger partial charge in [-0.25, -0.2) is 4.39 Å². The van der Waals surface area contributed by atoms with Crippen LogP contribution < -0.4 is 5.32 Å². The van der Waals surface area contributed by atoms with E-state index < -0.39 is 0 Å². The highest BCUT2D eigenvalue weighted by Crippen LogP contribution is 2.29. The van der Waals surface area contributed by atoms with Gasteiger partial charge in [-0.15, -0.1) is 0 Å². The molecule has 0 aliphatic heterocycles. The smallest absolute Gasteiger partial charge is 0.142 e. The maximum atomic E-state index is 13.7. The monoisotopic (exact) mass is 289 g/mol. The lowest BCUT2D eigenvalue weighted by molar-refractivity contribution is 0.617. The molecule has 2 aromatic carbocycles. The molecule has 0 saturated heterocycles. The van der Waals surface area contributed by atoms with Gasteiger partial charge in [-0.3, -0.25) is 0 Å². The van der Waals surface area contributed by atoms with E-state index in [1.807, 2.05) is 13.1 Å². The predicted octanol–water partition coefficient (Wildman–Crippen LogP) is 4.28. The van der Waals surface area contributed by atoms with Crippen LogP contribution in [0.4, 0.5) is 4.39 Å². The highest BCUT2D eigenvalue weighted by molar-refractivity contribution is 6.30. The highest BCUT2D eigenvalue weighted by atomic mass is 35.5. The molecule has 1 nitrogen and oxygen atoms in total. The van der Waals surface area contributed by atoms with E-state index in [9.17, 15) is 4.39 Å². The first-order valence-corrected chi connectivity index (χ1v) is 7.31. The van der Waals surface area contributed by atoms with Gasteiger partial charge in [-0.05, 0) is 60.7 Å². The third kappa shape index (κ3) is 2.46. The second-order valence-corrected chi connectivity index (χ2v) is 5.68. The zero-order valence-electron chi connectivity index (χ0n) is 11.4. The van der Waals surface area contributed by atoms with Gasteiger partial charge in [-0.1, -0.05) is 35.9 Å². The van der Waals surface area contributed by atoms with Crippen molar-refractivity contribution < 1.29 is 4.39 Å². The Balaban J connectivity index is 1.98. The fourth-order valence-electron chi connectivity index (χ4n) is 2.99. The van der Waals surface area contributed by atoms with Gasteiger partial charge in [0, 0.05) is 0 Å². The number of benzene rings is 2. The van der Waals surface area contributed by atoms with Crippen molar-refractivity contribution in [2.24, 2.45) is 0 Å². The Bertz CT molecular complexity index is 639. The van der Waals surface area contributed by atoms with Gasteiger partial charge < -0.3 is 5.32 Å². The number of hydrogen-bond donors (Lipinski definition) is 1. The van der Waals surface area contributed by atoms with Gasteiger partial charge >= 0.3 is 0 Å². The molecule has 0 bridgehead atoms. The van der Waals surface area contributed by atoms with Crippen LogP contribution in [-0.4, -0.2) is 7.05 Å². The van der Waals surface area contributed by atoms with Crippen LogP contribution >= 0.6 is 11.6 Å². The minimum Gasteiger partial charge on any atom is -0.309 e. The average molecular weight is 290 g/mol. The van der Waals surface area contributed by atoms with Crippen molar-refractivity contribution in [3.05, 3.63) is 69.5 Å². The first kappa shape index (κ1) is 13.6. The molecule has 1 unspecified atom stereocenters. The lowest BCUT2D eigenvalue weighted by Crippen LogP contribution is -2.18. The van der Waals surface area contributed by atoms with Gasteiger partial charge in [0.15, 0.2) is 0 Å². The minimum absolute atomic E-state index is 0.00679. The van der Waals surface area contributed by atoms with Crippen molar-refractivity contribution in [3.8, 4) is 0 Å². The highest BCUT2D eigenvalue weighted by Gasteiger charge is 2.17. The Labute approximate surface area is 123 Å². The summed E-state index contributed by atoms with van der Waals surface area (Å²) in [6.07, 6.45) is 3.56. The molecule has 0 radical (unpaired) electrons. The molecule has 20 heavy (non-hydrogen) atoms. The Morgan fingerprint density at radius 2 is 1.75 bits per heavy atom. The third-order valence-corrected chi connectivity index (χ3v) is 4.33. The maximum Gasteiger partial charge on any atom is 0.142 e. The van der Waals surface area contributed by atoms with Crippen molar-refractivity contribution in [1.82, 2.24) is 5.32 Å². The Morgan fingerprint density at radius 3 is 2.50 bits per heavy atom. The Kier molecular flexibility index (Phi) is 3.77. The summed E-state index contributed by atoms with van der Waals surface area (Å²) in [5.41, 5.74) is 4.95. The summed E-state index contributed by atoms with van der Waals surface area (Å²) in [5.74, 6) is -0.370. The van der Waals surface area contributed by atoms with Crippen molar-refractivity contribution >= 4 is 11.6 Å². The van der Waals surface area contributed by atoms with E-state index >= 15 is 0 Å². The predicted molar refractivity (Wildman–Crippen MR) is 80.8 cm³/mol. The van der Waals surface area contributed by atoms with Crippen LogP contribution in [0.15, 0.2) is 36.4 Å². The zero-order valence-corrected chi connectivity index (χ0v) is 12.2. The van der Waals surface area contributed by atoms with Crippen molar-refractivity contribution in [2.75, 3.05) is 7.05 Å². The third-order valence-electron chi connectivity index (χ3n) is 4.02. The molecule has 0 heterocycles. The van der Waals surface area contributed by atoms with Crippen LogP contribution in [0.25, 0.3) is 0 Å². The average Bonchev–Trinajstić information content (AvgIpc) is 2.91. The number of rotatable bonds is 3. The molecule has 0 fully saturated rings. The van der Waals surface area contributed by atoms with Crippen LogP contribution in [0.1, 0.15) is 34.7 Å². The zero-order chi connectivity index (χ0) is 14.1. The second-order valence-electron chi connectivity index (χ2n) is 5.28. The van der Waals surface area contributed by atoms with Gasteiger partial charge in [0.05, 0.1) is 11.1 Å². The number of halogens is 2. The van der Waals surface area contributed by atoms with Crippen molar-refractivity contribution in [1.29, 1.82) is 0 Å². The summed E-state index contributed by atoms with van der Waals surface area (Å²) in [6.45, 7) is 0. The molecule has 3 heteroatoms. The number of fused-ring (bicyclic) bond motifs is 1. The molecule has 0 spiro atoms. The Hall–Kier alpha value is -1.38. The molecule has 1 atom stereocenters. The molecule has 1 aliphatic carbocycles. The fourth-order valence-corrected chi connectivity index (χ4v) is 3.11. The molecule has 3 rings (SSSR count). The Morgan fingerprint density at radius 1 is 1.05 bits per heavy atom. The van der Waals surface area contributed by atoms with E-state index in [4.69, 9.17) is 11.6 Å². The molecule has 1 aliphatic rings. The van der Waals surface area contributed by atoms with Crippen LogP contribution in [0.2, 0.25) is 5.02 Å². The van der Waals surface area contributed by atoms with Crippen LogP contribution in [-0.2, 0) is 12.8 Å². The first-order chi connectivity index (χ1) is 9.69. The summed E-state index contributed by atoms with van der Waals surface area (Å²) in [5, 5.41) is 3.43. The van der Waals surface area contributed by atoms with E-state index in [0.717, 1.165) is 12.0 Å². The van der Waals surface area contributed by atoms with Crippen LogP contribution in [0.3, 0.4) is 0 Å². The molecule has 2 aromatic rings. The molecule has 1 N–H and O–H groups in total. The fraction of sp³-hybridized carbons (Fsp3) is 0.294. The molecular weight excluding hydrogens is 273 g/mol. The van der Waals surface area contributed by atoms with E-state index in [1.165, 1.54) is 35.6 Å². The van der Waals surface area contributed by atoms with E-state index in [1.54, 1.807) is 6.07 Å². The van der Waals surface area contributed by atoms with E-state index in [0.29, 0.717) is 0 Å². The lowest BCUT2D eigenvalue weighted by Gasteiger charge is -2.18. The van der Waals surface area contributed by atoms with Gasteiger partial charge in [0.25, 0.3) is 0 Å². The van der Waals surface area contributed by atoms with E-state index in [2.05, 4.69) is 23.5 Å². The summed E-state index contributed by atoms with van der Waals surface area (Å²) in [6, 6.07) is 11.6. The van der Waals surface area contributed by atoms with E-state index in [-0.39, 0.29) is 16.9 Å². The summed E-state index contributed by atoms with van der Waals surface area (Å²) in [7, 11) is 1.89. The van der Waals surface area contributed by atoms with Gasteiger partial charge in [0.1, 0.15) is 5.82 Å².